The largest absolute Gasteiger partial charge is 0.366 e. The van der Waals surface area contributed by atoms with Crippen LogP contribution in [0.15, 0.2) is 0 Å². The van der Waals surface area contributed by atoms with Gasteiger partial charge >= 0.3 is 0 Å². The van der Waals surface area contributed by atoms with Gasteiger partial charge < -0.3 is 15.4 Å². The van der Waals surface area contributed by atoms with Crippen molar-refractivity contribution < 1.29 is 14.3 Å². The molecule has 0 rings (SSSR count). The van der Waals surface area contributed by atoms with Crippen LogP contribution in [0.2, 0.25) is 0 Å². The van der Waals surface area contributed by atoms with Gasteiger partial charge in [-0.3, -0.25) is 9.59 Å². The van der Waals surface area contributed by atoms with E-state index in [9.17, 15) is 9.59 Å². The Morgan fingerprint density at radius 3 is 2.06 bits per heavy atom. The van der Waals surface area contributed by atoms with E-state index in [4.69, 9.17) is 4.74 Å². The number of hydrogen-bond donors (Lipinski definition) is 2. The van der Waals surface area contributed by atoms with Crippen molar-refractivity contribution in [2.24, 2.45) is 5.41 Å². The highest BCUT2D eigenvalue weighted by molar-refractivity contribution is 5.83. The minimum Gasteiger partial charge on any atom is -0.366 e. The number of ether oxygens (including phenoxy) is 1. The van der Waals surface area contributed by atoms with E-state index in [2.05, 4.69) is 10.6 Å². The Morgan fingerprint density at radius 1 is 1.12 bits per heavy atom. The molecule has 0 aliphatic carbocycles. The summed E-state index contributed by atoms with van der Waals surface area (Å²) in [5, 5.41) is 5.25. The molecule has 0 fully saturated rings. The minimum absolute atomic E-state index is 0.00727. The van der Waals surface area contributed by atoms with E-state index in [0.29, 0.717) is 6.54 Å². The van der Waals surface area contributed by atoms with Crippen molar-refractivity contribution in [3.63, 3.8) is 0 Å². The minimum atomic E-state index is -0.619. The lowest BCUT2D eigenvalue weighted by atomic mass is 9.92. The molecular formula is C12H24N2O3. The summed E-state index contributed by atoms with van der Waals surface area (Å²) in [5.74, 6) is -0.313. The van der Waals surface area contributed by atoms with Crippen molar-refractivity contribution in [1.29, 1.82) is 0 Å². The molecule has 0 unspecified atom stereocenters. The fourth-order valence-corrected chi connectivity index (χ4v) is 1.07. The highest BCUT2D eigenvalue weighted by Gasteiger charge is 2.27. The Bertz CT molecular complexity index is 280. The first kappa shape index (κ1) is 15.9. The molecule has 0 heterocycles. The first-order valence-electron chi connectivity index (χ1n) is 5.71. The van der Waals surface area contributed by atoms with Crippen LogP contribution in [-0.4, -0.2) is 37.6 Å². The van der Waals surface area contributed by atoms with E-state index in [1.807, 2.05) is 20.8 Å². The second-order valence-corrected chi connectivity index (χ2v) is 5.64. The summed E-state index contributed by atoms with van der Waals surface area (Å²) in [6.45, 7) is 9.50. The maximum absolute atomic E-state index is 11.5. The SMILES string of the molecule is CNC(=O)C(C)(C)CNC(=O)COC(C)(C)C. The van der Waals surface area contributed by atoms with E-state index in [1.165, 1.54) is 0 Å². The number of nitrogens with one attached hydrogen (secondary N) is 2. The molecule has 5 heteroatoms. The van der Waals surface area contributed by atoms with Crippen LogP contribution < -0.4 is 10.6 Å². The van der Waals surface area contributed by atoms with Gasteiger partial charge in [-0.2, -0.15) is 0 Å². The number of amides is 2. The third-order valence-electron chi connectivity index (χ3n) is 2.21. The normalized spacial score (nSPS) is 12.1. The predicted molar refractivity (Wildman–Crippen MR) is 66.6 cm³/mol. The van der Waals surface area contributed by atoms with E-state index in [0.717, 1.165) is 0 Å². The lowest BCUT2D eigenvalue weighted by molar-refractivity contribution is -0.133. The molecular weight excluding hydrogens is 220 g/mol. The van der Waals surface area contributed by atoms with Crippen molar-refractivity contribution in [2.75, 3.05) is 20.2 Å². The average molecular weight is 244 g/mol. The molecule has 5 nitrogen and oxygen atoms in total. The molecule has 100 valence electrons. The molecule has 17 heavy (non-hydrogen) atoms. The quantitative estimate of drug-likeness (QED) is 0.747. The zero-order chi connectivity index (χ0) is 13.7. The number of carbonyl (C=O) groups is 2. The second-order valence-electron chi connectivity index (χ2n) is 5.64. The van der Waals surface area contributed by atoms with E-state index in [-0.39, 0.29) is 24.0 Å². The standard InChI is InChI=1S/C12H24N2O3/c1-11(2,3)17-7-9(15)14-8-12(4,5)10(16)13-6/h7-8H2,1-6H3,(H,13,16)(H,14,15). The summed E-state index contributed by atoms with van der Waals surface area (Å²) in [6.07, 6.45) is 0. The first-order chi connectivity index (χ1) is 7.58. The van der Waals surface area contributed by atoms with Gasteiger partial charge in [0, 0.05) is 13.6 Å². The van der Waals surface area contributed by atoms with Crippen LogP contribution in [0.25, 0.3) is 0 Å². The third kappa shape index (κ3) is 6.94. The summed E-state index contributed by atoms with van der Waals surface area (Å²) < 4.78 is 5.33. The molecule has 2 N–H and O–H groups in total. The summed E-state index contributed by atoms with van der Waals surface area (Å²) in [4.78, 5) is 22.9. The van der Waals surface area contributed by atoms with Crippen molar-refractivity contribution in [2.45, 2.75) is 40.2 Å². The highest BCUT2D eigenvalue weighted by Crippen LogP contribution is 2.13. The van der Waals surface area contributed by atoms with Crippen LogP contribution in [0.3, 0.4) is 0 Å². The lowest BCUT2D eigenvalue weighted by Gasteiger charge is -2.24. The summed E-state index contributed by atoms with van der Waals surface area (Å²) in [6, 6.07) is 0. The Hall–Kier alpha value is -1.10. The van der Waals surface area contributed by atoms with Crippen molar-refractivity contribution in [1.82, 2.24) is 10.6 Å². The van der Waals surface area contributed by atoms with Gasteiger partial charge in [-0.15, -0.1) is 0 Å². The van der Waals surface area contributed by atoms with Crippen LogP contribution in [0.4, 0.5) is 0 Å². The number of carbonyl (C=O) groups excluding carboxylic acids is 2. The molecule has 0 bridgehead atoms. The Morgan fingerprint density at radius 2 is 1.65 bits per heavy atom. The van der Waals surface area contributed by atoms with Crippen LogP contribution >= 0.6 is 0 Å². The van der Waals surface area contributed by atoms with Gasteiger partial charge in [0.15, 0.2) is 0 Å². The Labute approximate surface area is 103 Å². The van der Waals surface area contributed by atoms with Gasteiger partial charge in [0.1, 0.15) is 6.61 Å². The van der Waals surface area contributed by atoms with Crippen LogP contribution in [-0.2, 0) is 14.3 Å². The van der Waals surface area contributed by atoms with Gasteiger partial charge in [-0.05, 0) is 34.6 Å². The maximum Gasteiger partial charge on any atom is 0.246 e. The van der Waals surface area contributed by atoms with Gasteiger partial charge in [0.05, 0.1) is 11.0 Å². The molecule has 0 aliphatic rings. The van der Waals surface area contributed by atoms with Gasteiger partial charge in [-0.1, -0.05) is 0 Å². The molecule has 0 aromatic rings. The van der Waals surface area contributed by atoms with E-state index in [1.54, 1.807) is 20.9 Å². The lowest BCUT2D eigenvalue weighted by Crippen LogP contribution is -2.45. The van der Waals surface area contributed by atoms with Gasteiger partial charge in [0.25, 0.3) is 0 Å². The molecule has 0 saturated carbocycles. The smallest absolute Gasteiger partial charge is 0.246 e. The van der Waals surface area contributed by atoms with Crippen molar-refractivity contribution in [3.05, 3.63) is 0 Å². The zero-order valence-corrected chi connectivity index (χ0v) is 11.6. The highest BCUT2D eigenvalue weighted by atomic mass is 16.5. The molecule has 0 aromatic carbocycles. The first-order valence-corrected chi connectivity index (χ1v) is 5.71. The van der Waals surface area contributed by atoms with Gasteiger partial charge in [0.2, 0.25) is 11.8 Å². The molecule has 2 amide bonds. The van der Waals surface area contributed by atoms with Crippen LogP contribution in [0.5, 0.6) is 0 Å². The fourth-order valence-electron chi connectivity index (χ4n) is 1.07. The molecule has 0 spiro atoms. The zero-order valence-electron chi connectivity index (χ0n) is 11.6. The number of hydrogen-bond acceptors (Lipinski definition) is 3. The van der Waals surface area contributed by atoms with Crippen molar-refractivity contribution in [3.8, 4) is 0 Å². The summed E-state index contributed by atoms with van der Waals surface area (Å²) in [5.41, 5.74) is -0.959. The predicted octanol–water partition coefficient (Wildman–Crippen LogP) is 0.690. The Balaban J connectivity index is 4.04. The molecule has 0 aliphatic heterocycles. The maximum atomic E-state index is 11.5. The molecule has 0 radical (unpaired) electrons. The third-order valence-corrected chi connectivity index (χ3v) is 2.21. The molecule has 0 atom stereocenters. The Kier molecular flexibility index (Phi) is 5.61. The molecule has 0 aromatic heterocycles. The second kappa shape index (κ2) is 6.00. The van der Waals surface area contributed by atoms with Crippen LogP contribution in [0.1, 0.15) is 34.6 Å². The van der Waals surface area contributed by atoms with Gasteiger partial charge in [-0.25, -0.2) is 0 Å². The summed E-state index contributed by atoms with van der Waals surface area (Å²) >= 11 is 0. The van der Waals surface area contributed by atoms with E-state index < -0.39 is 5.41 Å². The van der Waals surface area contributed by atoms with E-state index >= 15 is 0 Å². The fraction of sp³-hybridized carbons (Fsp3) is 0.833. The van der Waals surface area contributed by atoms with Crippen LogP contribution in [0, 0.1) is 5.41 Å². The topological polar surface area (TPSA) is 67.4 Å². The summed E-state index contributed by atoms with van der Waals surface area (Å²) in [7, 11) is 1.58. The monoisotopic (exact) mass is 244 g/mol. The number of rotatable bonds is 5. The van der Waals surface area contributed by atoms with Crippen molar-refractivity contribution >= 4 is 11.8 Å². The molecule has 0 saturated heterocycles. The average Bonchev–Trinajstić information content (AvgIpc) is 2.21.